The number of hydrogen-bond donors (Lipinski definition) is 1. The van der Waals surface area contributed by atoms with Crippen molar-refractivity contribution in [2.24, 2.45) is 11.8 Å². The van der Waals surface area contributed by atoms with Gasteiger partial charge < -0.3 is 5.32 Å². The fraction of sp³-hybridized carbons (Fsp3) is 0.625. The Morgan fingerprint density at radius 3 is 2.06 bits per heavy atom. The molecule has 0 saturated heterocycles. The Labute approximate surface area is 120 Å². The third-order valence-electron chi connectivity index (χ3n) is 3.04. The molecule has 102 valence electrons. The fourth-order valence-electron chi connectivity index (χ4n) is 2.19. The molecule has 0 amide bonds. The maximum atomic E-state index is 3.59. The molecule has 0 saturated carbocycles. The lowest BCUT2D eigenvalue weighted by molar-refractivity contribution is 0.452. The van der Waals surface area contributed by atoms with Gasteiger partial charge in [0, 0.05) is 11.0 Å². The van der Waals surface area contributed by atoms with Gasteiger partial charge in [-0.2, -0.15) is 0 Å². The normalized spacial score (nSPS) is 13.3. The molecular weight excluding hydrogens is 286 g/mol. The van der Waals surface area contributed by atoms with E-state index in [-0.39, 0.29) is 0 Å². The number of hydrogen-bond acceptors (Lipinski definition) is 1. The summed E-state index contributed by atoms with van der Waals surface area (Å²) in [5.41, 5.74) is 1.45. The molecule has 0 fully saturated rings. The van der Waals surface area contributed by atoms with Crippen LogP contribution in [0, 0.1) is 11.8 Å². The van der Waals surface area contributed by atoms with Crippen molar-refractivity contribution in [2.45, 2.75) is 40.0 Å². The van der Waals surface area contributed by atoms with E-state index in [4.69, 9.17) is 0 Å². The van der Waals surface area contributed by atoms with Gasteiger partial charge in [-0.05, 0) is 48.4 Å². The summed E-state index contributed by atoms with van der Waals surface area (Å²) in [6.45, 7) is 11.3. The second-order valence-electron chi connectivity index (χ2n) is 5.93. The zero-order valence-electron chi connectivity index (χ0n) is 12.0. The van der Waals surface area contributed by atoms with Crippen LogP contribution in [0.5, 0.6) is 0 Å². The zero-order valence-corrected chi connectivity index (χ0v) is 13.6. The van der Waals surface area contributed by atoms with Crippen LogP contribution in [0.2, 0.25) is 0 Å². The van der Waals surface area contributed by atoms with Crippen LogP contribution >= 0.6 is 15.9 Å². The first-order valence-electron chi connectivity index (χ1n) is 6.95. The highest BCUT2D eigenvalue weighted by Gasteiger charge is 2.13. The number of benzene rings is 1. The molecule has 1 unspecified atom stereocenters. The monoisotopic (exact) mass is 311 g/mol. The van der Waals surface area contributed by atoms with E-state index in [1.54, 1.807) is 0 Å². The van der Waals surface area contributed by atoms with Crippen molar-refractivity contribution in [3.8, 4) is 0 Å². The molecule has 0 aliphatic carbocycles. The fourth-order valence-corrected chi connectivity index (χ4v) is 2.45. The Morgan fingerprint density at radius 2 is 1.56 bits per heavy atom. The van der Waals surface area contributed by atoms with E-state index < -0.39 is 0 Å². The van der Waals surface area contributed by atoms with Crippen LogP contribution < -0.4 is 5.32 Å². The Bertz CT molecular complexity index is 329. The van der Waals surface area contributed by atoms with E-state index in [0.717, 1.165) is 29.4 Å². The SMILES string of the molecule is CC(C)CNCC(CC(C)C)c1ccc(Br)cc1. The first-order valence-corrected chi connectivity index (χ1v) is 7.74. The molecule has 1 atom stereocenters. The van der Waals surface area contributed by atoms with Gasteiger partial charge in [0.25, 0.3) is 0 Å². The van der Waals surface area contributed by atoms with E-state index in [9.17, 15) is 0 Å². The molecule has 18 heavy (non-hydrogen) atoms. The first-order chi connectivity index (χ1) is 8.49. The smallest absolute Gasteiger partial charge is 0.0175 e. The molecule has 1 aromatic carbocycles. The Kier molecular flexibility index (Phi) is 6.95. The minimum absolute atomic E-state index is 0.622. The van der Waals surface area contributed by atoms with Crippen LogP contribution in [0.1, 0.15) is 45.6 Å². The van der Waals surface area contributed by atoms with Gasteiger partial charge in [-0.1, -0.05) is 55.8 Å². The summed E-state index contributed by atoms with van der Waals surface area (Å²) >= 11 is 3.50. The molecule has 0 bridgehead atoms. The van der Waals surface area contributed by atoms with Crippen molar-refractivity contribution in [3.63, 3.8) is 0 Å². The largest absolute Gasteiger partial charge is 0.316 e. The first kappa shape index (κ1) is 15.7. The molecule has 0 spiro atoms. The molecule has 0 aliphatic rings. The van der Waals surface area contributed by atoms with Gasteiger partial charge in [0.2, 0.25) is 0 Å². The minimum Gasteiger partial charge on any atom is -0.316 e. The highest BCUT2D eigenvalue weighted by Crippen LogP contribution is 2.24. The molecule has 1 N–H and O–H groups in total. The average Bonchev–Trinajstić information content (AvgIpc) is 2.28. The standard InChI is InChI=1S/C16H26BrN/c1-12(2)9-15(11-18-10-13(3)4)14-5-7-16(17)8-6-14/h5-8,12-13,15,18H,9-11H2,1-4H3. The highest BCUT2D eigenvalue weighted by atomic mass is 79.9. The van der Waals surface area contributed by atoms with Gasteiger partial charge in [-0.25, -0.2) is 0 Å². The number of nitrogens with one attached hydrogen (secondary N) is 1. The van der Waals surface area contributed by atoms with Gasteiger partial charge in [0.1, 0.15) is 0 Å². The van der Waals surface area contributed by atoms with Crippen LogP contribution in [0.4, 0.5) is 0 Å². The summed E-state index contributed by atoms with van der Waals surface area (Å²) in [6.07, 6.45) is 1.24. The number of rotatable bonds is 7. The van der Waals surface area contributed by atoms with Gasteiger partial charge in [-0.3, -0.25) is 0 Å². The lowest BCUT2D eigenvalue weighted by Gasteiger charge is -2.21. The molecular formula is C16H26BrN. The summed E-state index contributed by atoms with van der Waals surface area (Å²) in [7, 11) is 0. The third-order valence-corrected chi connectivity index (χ3v) is 3.57. The maximum absolute atomic E-state index is 3.59. The summed E-state index contributed by atoms with van der Waals surface area (Å²) in [5, 5.41) is 3.59. The highest BCUT2D eigenvalue weighted by molar-refractivity contribution is 9.10. The van der Waals surface area contributed by atoms with Crippen molar-refractivity contribution < 1.29 is 0 Å². The Hall–Kier alpha value is -0.340. The van der Waals surface area contributed by atoms with Crippen molar-refractivity contribution in [1.29, 1.82) is 0 Å². The quantitative estimate of drug-likeness (QED) is 0.761. The van der Waals surface area contributed by atoms with Gasteiger partial charge in [-0.15, -0.1) is 0 Å². The molecule has 1 nitrogen and oxygen atoms in total. The van der Waals surface area contributed by atoms with Gasteiger partial charge in [0.05, 0.1) is 0 Å². The average molecular weight is 312 g/mol. The van der Waals surface area contributed by atoms with Crippen molar-refractivity contribution in [1.82, 2.24) is 5.32 Å². The number of halogens is 1. The summed E-state index contributed by atoms with van der Waals surface area (Å²) < 4.78 is 1.16. The predicted octanol–water partition coefficient (Wildman–Crippen LogP) is 4.82. The van der Waals surface area contributed by atoms with E-state index in [0.29, 0.717) is 5.92 Å². The van der Waals surface area contributed by atoms with Crippen molar-refractivity contribution >= 4 is 15.9 Å². The van der Waals surface area contributed by atoms with Gasteiger partial charge >= 0.3 is 0 Å². The second kappa shape index (κ2) is 7.96. The van der Waals surface area contributed by atoms with Gasteiger partial charge in [0.15, 0.2) is 0 Å². The summed E-state index contributed by atoms with van der Waals surface area (Å²) in [5.74, 6) is 2.07. The minimum atomic E-state index is 0.622. The van der Waals surface area contributed by atoms with E-state index in [1.165, 1.54) is 12.0 Å². The molecule has 0 radical (unpaired) electrons. The second-order valence-corrected chi connectivity index (χ2v) is 6.85. The van der Waals surface area contributed by atoms with E-state index >= 15 is 0 Å². The predicted molar refractivity (Wildman–Crippen MR) is 84.0 cm³/mol. The zero-order chi connectivity index (χ0) is 13.5. The van der Waals surface area contributed by atoms with E-state index in [2.05, 4.69) is 73.2 Å². The van der Waals surface area contributed by atoms with Crippen LogP contribution in [-0.4, -0.2) is 13.1 Å². The molecule has 2 heteroatoms. The lowest BCUT2D eigenvalue weighted by atomic mass is 9.90. The van der Waals surface area contributed by atoms with Crippen LogP contribution in [-0.2, 0) is 0 Å². The third kappa shape index (κ3) is 6.01. The Balaban J connectivity index is 2.62. The van der Waals surface area contributed by atoms with Crippen LogP contribution in [0.25, 0.3) is 0 Å². The molecule has 1 aromatic rings. The Morgan fingerprint density at radius 1 is 0.944 bits per heavy atom. The van der Waals surface area contributed by atoms with E-state index in [1.807, 2.05) is 0 Å². The van der Waals surface area contributed by atoms with Crippen molar-refractivity contribution in [3.05, 3.63) is 34.3 Å². The topological polar surface area (TPSA) is 12.0 Å². The summed E-state index contributed by atoms with van der Waals surface area (Å²) in [4.78, 5) is 0. The molecule has 1 rings (SSSR count). The molecule has 0 aliphatic heterocycles. The van der Waals surface area contributed by atoms with Crippen molar-refractivity contribution in [2.75, 3.05) is 13.1 Å². The lowest BCUT2D eigenvalue weighted by Crippen LogP contribution is -2.26. The maximum Gasteiger partial charge on any atom is 0.0175 e. The summed E-state index contributed by atoms with van der Waals surface area (Å²) in [6, 6.07) is 8.78. The molecule has 0 aromatic heterocycles. The van der Waals surface area contributed by atoms with Crippen LogP contribution in [0.15, 0.2) is 28.7 Å². The van der Waals surface area contributed by atoms with Crippen LogP contribution in [0.3, 0.4) is 0 Å². The molecule has 0 heterocycles.